The second-order valence-corrected chi connectivity index (χ2v) is 9.47. The molecule has 2 rings (SSSR count). The van der Waals surface area contributed by atoms with Crippen molar-refractivity contribution >= 4 is 29.7 Å². The van der Waals surface area contributed by atoms with Gasteiger partial charge in [0.25, 0.3) is 0 Å². The minimum absolute atomic E-state index is 0. The van der Waals surface area contributed by atoms with Gasteiger partial charge in [-0.25, -0.2) is 0 Å². The lowest BCUT2D eigenvalue weighted by atomic mass is 9.92. The number of nitrogens with zero attached hydrogens (tertiary/aromatic N) is 1. The summed E-state index contributed by atoms with van der Waals surface area (Å²) < 4.78 is 41.4. The Morgan fingerprint density at radius 2 is 2.04 bits per heavy atom. The van der Waals surface area contributed by atoms with Crippen molar-refractivity contribution in [2.24, 2.45) is 11.3 Å². The molecule has 162 valence electrons. The highest BCUT2D eigenvalue weighted by molar-refractivity contribution is 7.13. The Morgan fingerprint density at radius 1 is 1.36 bits per heavy atom. The van der Waals surface area contributed by atoms with Crippen LogP contribution in [0.4, 0.5) is 13.2 Å². The fraction of sp³-hybridized carbons (Fsp3) is 0.737. The summed E-state index contributed by atoms with van der Waals surface area (Å²) in [6.45, 7) is 9.85. The van der Waals surface area contributed by atoms with Gasteiger partial charge >= 0.3 is 6.18 Å². The molecule has 1 saturated heterocycles. The van der Waals surface area contributed by atoms with E-state index in [2.05, 4.69) is 31.0 Å². The molecule has 4 nitrogen and oxygen atoms in total. The summed E-state index contributed by atoms with van der Waals surface area (Å²) in [7, 11) is 0. The van der Waals surface area contributed by atoms with Gasteiger partial charge < -0.3 is 15.0 Å². The number of hydrogen-bond acceptors (Lipinski definition) is 4. The van der Waals surface area contributed by atoms with E-state index in [1.54, 1.807) is 6.07 Å². The summed E-state index contributed by atoms with van der Waals surface area (Å²) in [6, 6.07) is 2.96. The van der Waals surface area contributed by atoms with Crippen LogP contribution in [-0.4, -0.2) is 43.2 Å². The van der Waals surface area contributed by atoms with Crippen LogP contribution in [0.15, 0.2) is 12.1 Å². The topological polar surface area (TPSA) is 41.6 Å². The number of hydrogen-bond donors (Lipinski definition) is 1. The van der Waals surface area contributed by atoms with E-state index >= 15 is 0 Å². The van der Waals surface area contributed by atoms with Crippen LogP contribution in [0.3, 0.4) is 0 Å². The second-order valence-electron chi connectivity index (χ2n) is 8.39. The molecular formula is C19H30ClF3N2O2S. The molecule has 1 amide bonds. The van der Waals surface area contributed by atoms with Crippen LogP contribution in [0.1, 0.15) is 51.5 Å². The molecule has 0 saturated carbocycles. The molecule has 0 spiro atoms. The number of alkyl halides is 3. The summed E-state index contributed by atoms with van der Waals surface area (Å²) >= 11 is 1.13. The fourth-order valence-electron chi connectivity index (χ4n) is 2.94. The van der Waals surface area contributed by atoms with Gasteiger partial charge in [-0.05, 0) is 50.4 Å². The van der Waals surface area contributed by atoms with Gasteiger partial charge in [0.1, 0.15) is 0 Å². The van der Waals surface area contributed by atoms with Crippen LogP contribution >= 0.6 is 23.7 Å². The lowest BCUT2D eigenvalue weighted by Crippen LogP contribution is -2.34. The summed E-state index contributed by atoms with van der Waals surface area (Å²) in [5.41, 5.74) is 0.278. The number of rotatable bonds is 7. The van der Waals surface area contributed by atoms with Crippen molar-refractivity contribution in [1.29, 1.82) is 0 Å². The summed E-state index contributed by atoms with van der Waals surface area (Å²) in [5.74, 6) is -0.0275. The van der Waals surface area contributed by atoms with E-state index < -0.39 is 12.8 Å². The SMILES string of the molecule is C[C@@H](NC(=O)[C@@H]1CCN(CCC(C)(C)C)C1)c1ccc(OCC(F)(F)F)s1.Cl. The van der Waals surface area contributed by atoms with E-state index in [0.717, 1.165) is 48.7 Å². The summed E-state index contributed by atoms with van der Waals surface area (Å²) in [6.07, 6.45) is -2.42. The quantitative estimate of drug-likeness (QED) is 0.642. The maximum atomic E-state index is 12.5. The van der Waals surface area contributed by atoms with Crippen LogP contribution in [0.2, 0.25) is 0 Å². The molecule has 0 radical (unpaired) electrons. The molecule has 0 unspecified atom stereocenters. The Labute approximate surface area is 175 Å². The lowest BCUT2D eigenvalue weighted by Gasteiger charge is -2.23. The van der Waals surface area contributed by atoms with E-state index in [1.807, 2.05) is 6.92 Å². The molecule has 28 heavy (non-hydrogen) atoms. The van der Waals surface area contributed by atoms with Crippen molar-refractivity contribution in [2.45, 2.75) is 52.8 Å². The molecule has 1 aromatic rings. The number of likely N-dealkylation sites (tertiary alicyclic amines) is 1. The maximum absolute atomic E-state index is 12.5. The Bertz CT molecular complexity index is 631. The molecule has 1 fully saturated rings. The van der Waals surface area contributed by atoms with Crippen molar-refractivity contribution in [3.8, 4) is 5.06 Å². The third kappa shape index (κ3) is 8.57. The number of amides is 1. The highest BCUT2D eigenvalue weighted by Gasteiger charge is 2.30. The predicted octanol–water partition coefficient (Wildman–Crippen LogP) is 5.05. The van der Waals surface area contributed by atoms with Crippen molar-refractivity contribution in [1.82, 2.24) is 10.2 Å². The number of halogens is 4. The van der Waals surface area contributed by atoms with Crippen molar-refractivity contribution < 1.29 is 22.7 Å². The number of carbonyl (C=O) groups is 1. The predicted molar refractivity (Wildman–Crippen MR) is 108 cm³/mol. The molecule has 9 heteroatoms. The van der Waals surface area contributed by atoms with Gasteiger partial charge in [0.15, 0.2) is 11.7 Å². The van der Waals surface area contributed by atoms with Gasteiger partial charge in [0.05, 0.1) is 12.0 Å². The van der Waals surface area contributed by atoms with Crippen LogP contribution in [0.25, 0.3) is 0 Å². The Hall–Kier alpha value is -0.990. The maximum Gasteiger partial charge on any atom is 0.422 e. The molecule has 0 bridgehead atoms. The van der Waals surface area contributed by atoms with Gasteiger partial charge in [0, 0.05) is 11.4 Å². The largest absolute Gasteiger partial charge is 0.475 e. The molecule has 0 aliphatic carbocycles. The van der Waals surface area contributed by atoms with Gasteiger partial charge in [-0.15, -0.1) is 23.7 Å². The third-order valence-corrected chi connectivity index (χ3v) is 5.77. The number of ether oxygens (including phenoxy) is 1. The average Bonchev–Trinajstić information content (AvgIpc) is 3.19. The smallest absolute Gasteiger partial charge is 0.422 e. The second kappa shape index (κ2) is 10.2. The van der Waals surface area contributed by atoms with E-state index in [4.69, 9.17) is 4.74 Å². The Balaban J connectivity index is 0.00000392. The molecule has 0 aromatic carbocycles. The van der Waals surface area contributed by atoms with Crippen LogP contribution < -0.4 is 10.1 Å². The third-order valence-electron chi connectivity index (χ3n) is 4.59. The van der Waals surface area contributed by atoms with Gasteiger partial charge in [-0.1, -0.05) is 20.8 Å². The molecule has 1 N–H and O–H groups in total. The normalized spacial score (nSPS) is 19.2. The van der Waals surface area contributed by atoms with Crippen molar-refractivity contribution in [2.75, 3.05) is 26.2 Å². The van der Waals surface area contributed by atoms with Crippen molar-refractivity contribution in [3.05, 3.63) is 17.0 Å². The highest BCUT2D eigenvalue weighted by atomic mass is 35.5. The van der Waals surface area contributed by atoms with Crippen molar-refractivity contribution in [3.63, 3.8) is 0 Å². The van der Waals surface area contributed by atoms with E-state index in [9.17, 15) is 18.0 Å². The first-order chi connectivity index (χ1) is 12.4. The zero-order valence-corrected chi connectivity index (χ0v) is 18.4. The first-order valence-corrected chi connectivity index (χ1v) is 10.1. The first kappa shape index (κ1) is 25.0. The summed E-state index contributed by atoms with van der Waals surface area (Å²) in [4.78, 5) is 15.6. The molecule has 2 atom stereocenters. The highest BCUT2D eigenvalue weighted by Crippen LogP contribution is 2.31. The summed E-state index contributed by atoms with van der Waals surface area (Å²) in [5, 5.41) is 3.19. The Morgan fingerprint density at radius 3 is 2.64 bits per heavy atom. The monoisotopic (exact) mass is 442 g/mol. The zero-order valence-electron chi connectivity index (χ0n) is 16.8. The lowest BCUT2D eigenvalue weighted by molar-refractivity contribution is -0.152. The zero-order chi connectivity index (χ0) is 20.2. The minimum Gasteiger partial charge on any atom is -0.475 e. The van der Waals surface area contributed by atoms with E-state index in [0.29, 0.717) is 0 Å². The molecule has 1 aliphatic heterocycles. The average molecular weight is 443 g/mol. The minimum atomic E-state index is -4.36. The molecule has 2 heterocycles. The number of nitrogens with one attached hydrogen (secondary N) is 1. The molecule has 1 aromatic heterocycles. The van der Waals surface area contributed by atoms with Crippen LogP contribution in [0, 0.1) is 11.3 Å². The van der Waals surface area contributed by atoms with Gasteiger partial charge in [-0.2, -0.15) is 13.2 Å². The van der Waals surface area contributed by atoms with Gasteiger partial charge in [-0.3, -0.25) is 4.79 Å². The van der Waals surface area contributed by atoms with Crippen LogP contribution in [0.5, 0.6) is 5.06 Å². The van der Waals surface area contributed by atoms with E-state index in [1.165, 1.54) is 6.07 Å². The molecular weight excluding hydrogens is 413 g/mol. The van der Waals surface area contributed by atoms with Gasteiger partial charge in [0.2, 0.25) is 5.91 Å². The first-order valence-electron chi connectivity index (χ1n) is 9.25. The standard InChI is InChI=1S/C19H29F3N2O2S.ClH/c1-13(15-5-6-16(27-15)26-12-19(20,21)22)23-17(25)14-7-9-24(11-14)10-8-18(2,3)4;/h5-6,13-14H,7-12H2,1-4H3,(H,23,25);1H/t13-,14-;/m1./s1. The number of thiophene rings is 1. The van der Waals surface area contributed by atoms with E-state index in [-0.39, 0.29) is 40.8 Å². The fourth-order valence-corrected chi connectivity index (χ4v) is 3.80. The molecule has 1 aliphatic rings. The number of carbonyl (C=O) groups excluding carboxylic acids is 1. The van der Waals surface area contributed by atoms with Crippen LogP contribution in [-0.2, 0) is 4.79 Å². The Kier molecular flexibility index (Phi) is 9.09.